The zero-order valence-electron chi connectivity index (χ0n) is 7.94. The monoisotopic (exact) mass is 298 g/mol. The molecule has 1 nitrogen and oxygen atoms in total. The smallest absolute Gasteiger partial charge is 0.298 e. The summed E-state index contributed by atoms with van der Waals surface area (Å²) in [4.78, 5) is 11.0. The van der Waals surface area contributed by atoms with Gasteiger partial charge < -0.3 is 0 Å². The minimum atomic E-state index is -4.78. The predicted molar refractivity (Wildman–Crippen MR) is 53.9 cm³/mol. The summed E-state index contributed by atoms with van der Waals surface area (Å²) >= 11 is 2.84. The van der Waals surface area contributed by atoms with E-state index in [1.165, 1.54) is 0 Å². The highest BCUT2D eigenvalue weighted by Crippen LogP contribution is 2.34. The summed E-state index contributed by atoms with van der Waals surface area (Å²) in [5.41, 5.74) is -1.69. The number of rotatable bonds is 3. The molecule has 1 aromatic rings. The van der Waals surface area contributed by atoms with Gasteiger partial charge in [-0.05, 0) is 11.6 Å². The molecule has 0 radical (unpaired) electrons. The second kappa shape index (κ2) is 4.95. The summed E-state index contributed by atoms with van der Waals surface area (Å²) in [5.74, 6) is -1.79. The maximum absolute atomic E-state index is 13.1. The topological polar surface area (TPSA) is 17.1 Å². The van der Waals surface area contributed by atoms with Gasteiger partial charge >= 0.3 is 6.18 Å². The standard InChI is InChI=1S/C10H7BrF4O/c11-5-7(16)4-6-2-1-3-8(12)9(6)10(13,14)15/h1-3H,4-5H2. The fourth-order valence-corrected chi connectivity index (χ4v) is 1.49. The summed E-state index contributed by atoms with van der Waals surface area (Å²) in [6, 6.07) is 2.98. The summed E-state index contributed by atoms with van der Waals surface area (Å²) in [7, 11) is 0. The van der Waals surface area contributed by atoms with Gasteiger partial charge in [0.25, 0.3) is 0 Å². The molecule has 88 valence electrons. The fourth-order valence-electron chi connectivity index (χ4n) is 1.29. The van der Waals surface area contributed by atoms with Crippen molar-refractivity contribution in [3.63, 3.8) is 0 Å². The Hall–Kier alpha value is -0.910. The number of halogens is 5. The molecule has 0 saturated heterocycles. The van der Waals surface area contributed by atoms with Gasteiger partial charge in [0.15, 0.2) is 0 Å². The first-order chi connectivity index (χ1) is 7.36. The second-order valence-electron chi connectivity index (χ2n) is 3.12. The number of ketones is 1. The first-order valence-electron chi connectivity index (χ1n) is 4.28. The summed E-state index contributed by atoms with van der Waals surface area (Å²) in [6.45, 7) is 0. The van der Waals surface area contributed by atoms with Crippen molar-refractivity contribution < 1.29 is 22.4 Å². The van der Waals surface area contributed by atoms with Gasteiger partial charge in [-0.3, -0.25) is 4.79 Å². The van der Waals surface area contributed by atoms with E-state index >= 15 is 0 Å². The van der Waals surface area contributed by atoms with Crippen LogP contribution in [0.4, 0.5) is 17.6 Å². The van der Waals surface area contributed by atoms with E-state index in [9.17, 15) is 22.4 Å². The molecule has 0 aliphatic carbocycles. The van der Waals surface area contributed by atoms with Gasteiger partial charge in [0.05, 0.1) is 10.9 Å². The molecular weight excluding hydrogens is 292 g/mol. The molecule has 1 rings (SSSR count). The van der Waals surface area contributed by atoms with Crippen LogP contribution in [0.3, 0.4) is 0 Å². The Bertz CT molecular complexity index is 400. The van der Waals surface area contributed by atoms with Gasteiger partial charge in [-0.1, -0.05) is 28.1 Å². The molecule has 0 saturated carbocycles. The van der Waals surface area contributed by atoms with Crippen LogP contribution >= 0.6 is 15.9 Å². The van der Waals surface area contributed by atoms with E-state index in [2.05, 4.69) is 15.9 Å². The molecular formula is C10H7BrF4O. The van der Waals surface area contributed by atoms with Crippen molar-refractivity contribution in [1.82, 2.24) is 0 Å². The Kier molecular flexibility index (Phi) is 4.07. The highest BCUT2D eigenvalue weighted by Gasteiger charge is 2.36. The molecule has 0 bridgehead atoms. The molecule has 0 fully saturated rings. The van der Waals surface area contributed by atoms with Crippen LogP contribution in [0.2, 0.25) is 0 Å². The summed E-state index contributed by atoms with van der Waals surface area (Å²) in [6.07, 6.45) is -5.22. The molecule has 1 aromatic carbocycles. The van der Waals surface area contributed by atoms with E-state index in [1.54, 1.807) is 0 Å². The third-order valence-corrected chi connectivity index (χ3v) is 2.55. The van der Waals surface area contributed by atoms with Crippen molar-refractivity contribution in [2.75, 3.05) is 5.33 Å². The van der Waals surface area contributed by atoms with Crippen LogP contribution in [0, 0.1) is 5.82 Å². The van der Waals surface area contributed by atoms with Gasteiger partial charge in [-0.2, -0.15) is 13.2 Å². The number of carbonyl (C=O) groups excluding carboxylic acids is 1. The molecule has 0 spiro atoms. The third kappa shape index (κ3) is 3.04. The third-order valence-electron chi connectivity index (χ3n) is 1.92. The van der Waals surface area contributed by atoms with Crippen LogP contribution in [0.15, 0.2) is 18.2 Å². The van der Waals surface area contributed by atoms with Crippen LogP contribution < -0.4 is 0 Å². The Balaban J connectivity index is 3.18. The molecule has 6 heteroatoms. The van der Waals surface area contributed by atoms with Gasteiger partial charge in [-0.15, -0.1) is 0 Å². The lowest BCUT2D eigenvalue weighted by Crippen LogP contribution is -2.15. The summed E-state index contributed by atoms with van der Waals surface area (Å²) < 4.78 is 50.6. The van der Waals surface area contributed by atoms with Crippen LogP contribution in [0.25, 0.3) is 0 Å². The zero-order valence-corrected chi connectivity index (χ0v) is 9.53. The van der Waals surface area contributed by atoms with Crippen molar-refractivity contribution >= 4 is 21.7 Å². The molecule has 0 aliphatic rings. The Labute approximate surface area is 97.6 Å². The van der Waals surface area contributed by atoms with Crippen LogP contribution in [0.5, 0.6) is 0 Å². The molecule has 0 N–H and O–H groups in total. The maximum Gasteiger partial charge on any atom is 0.419 e. The molecule has 0 aliphatic heterocycles. The van der Waals surface area contributed by atoms with Crippen molar-refractivity contribution in [2.24, 2.45) is 0 Å². The fraction of sp³-hybridized carbons (Fsp3) is 0.300. The van der Waals surface area contributed by atoms with Gasteiger partial charge in [0.2, 0.25) is 0 Å². The average Bonchev–Trinajstić information content (AvgIpc) is 2.15. The van der Waals surface area contributed by atoms with E-state index in [-0.39, 0.29) is 10.9 Å². The van der Waals surface area contributed by atoms with E-state index in [4.69, 9.17) is 0 Å². The molecule has 0 heterocycles. The van der Waals surface area contributed by atoms with Crippen molar-refractivity contribution in [3.05, 3.63) is 35.1 Å². The number of alkyl halides is 4. The van der Waals surface area contributed by atoms with Crippen molar-refractivity contribution in [1.29, 1.82) is 0 Å². The van der Waals surface area contributed by atoms with E-state index in [1.807, 2.05) is 0 Å². The number of hydrogen-bond acceptors (Lipinski definition) is 1. The van der Waals surface area contributed by atoms with Crippen molar-refractivity contribution in [2.45, 2.75) is 12.6 Å². The maximum atomic E-state index is 13.1. The number of hydrogen-bond donors (Lipinski definition) is 0. The van der Waals surface area contributed by atoms with Crippen LogP contribution in [0.1, 0.15) is 11.1 Å². The lowest BCUT2D eigenvalue weighted by molar-refractivity contribution is -0.140. The Morgan fingerprint density at radius 1 is 1.31 bits per heavy atom. The van der Waals surface area contributed by atoms with Crippen molar-refractivity contribution in [3.8, 4) is 0 Å². The molecule has 0 aromatic heterocycles. The molecule has 0 amide bonds. The van der Waals surface area contributed by atoms with Gasteiger partial charge in [0, 0.05) is 6.42 Å². The lowest BCUT2D eigenvalue weighted by Gasteiger charge is -2.12. The largest absolute Gasteiger partial charge is 0.419 e. The SMILES string of the molecule is O=C(CBr)Cc1cccc(F)c1C(F)(F)F. The highest BCUT2D eigenvalue weighted by molar-refractivity contribution is 9.09. The van der Waals surface area contributed by atoms with Gasteiger partial charge in [0.1, 0.15) is 11.6 Å². The normalized spacial score (nSPS) is 11.6. The van der Waals surface area contributed by atoms with Crippen LogP contribution in [-0.4, -0.2) is 11.1 Å². The first kappa shape index (κ1) is 13.2. The quantitative estimate of drug-likeness (QED) is 0.618. The Morgan fingerprint density at radius 3 is 2.44 bits per heavy atom. The van der Waals surface area contributed by atoms with Crippen LogP contribution in [-0.2, 0) is 17.4 Å². The lowest BCUT2D eigenvalue weighted by atomic mass is 10.0. The van der Waals surface area contributed by atoms with E-state index < -0.39 is 29.8 Å². The zero-order chi connectivity index (χ0) is 12.3. The molecule has 0 unspecified atom stereocenters. The Morgan fingerprint density at radius 2 is 1.94 bits per heavy atom. The minimum absolute atomic E-state index is 0.0548. The second-order valence-corrected chi connectivity index (χ2v) is 3.68. The molecule has 0 atom stereocenters. The van der Waals surface area contributed by atoms with Gasteiger partial charge in [-0.25, -0.2) is 4.39 Å². The predicted octanol–water partition coefficient (Wildman–Crippen LogP) is 3.35. The van der Waals surface area contributed by atoms with E-state index in [0.29, 0.717) is 0 Å². The number of carbonyl (C=O) groups is 1. The number of benzene rings is 1. The summed E-state index contributed by atoms with van der Waals surface area (Å²) in [5, 5.41) is -0.0548. The molecule has 16 heavy (non-hydrogen) atoms. The average molecular weight is 299 g/mol. The first-order valence-corrected chi connectivity index (χ1v) is 5.40. The number of Topliss-reactive ketones (excluding diaryl/α,β-unsaturated/α-hetero) is 1. The van der Waals surface area contributed by atoms with E-state index in [0.717, 1.165) is 18.2 Å². The minimum Gasteiger partial charge on any atom is -0.298 e. The highest BCUT2D eigenvalue weighted by atomic mass is 79.9.